The molecule has 10 rings (SSSR count). The molecule has 0 saturated heterocycles. The van der Waals surface area contributed by atoms with E-state index in [0.717, 1.165) is 66.4 Å². The molecule has 0 unspecified atom stereocenters. The molecule has 52 heavy (non-hydrogen) atoms. The fourth-order valence-corrected chi connectivity index (χ4v) is 8.08. The van der Waals surface area contributed by atoms with Crippen LogP contribution in [0.4, 0.5) is 34.1 Å². The summed E-state index contributed by atoms with van der Waals surface area (Å²) in [5, 5.41) is 7.53. The zero-order valence-electron chi connectivity index (χ0n) is 28.0. The monoisotopic (exact) mass is 666 g/mol. The van der Waals surface area contributed by atoms with E-state index in [1.807, 2.05) is 109 Å². The van der Waals surface area contributed by atoms with Crippen LogP contribution in [0.1, 0.15) is 0 Å². The number of anilines is 6. The van der Waals surface area contributed by atoms with Crippen LogP contribution in [-0.2, 0) is 0 Å². The van der Waals surface area contributed by atoms with E-state index in [2.05, 4.69) is 82.6 Å². The molecule has 0 spiro atoms. The number of rotatable bonds is 6. The van der Waals surface area contributed by atoms with Gasteiger partial charge in [-0.3, -0.25) is 9.59 Å². The van der Waals surface area contributed by atoms with Gasteiger partial charge in [0.25, 0.3) is 0 Å². The van der Waals surface area contributed by atoms with Gasteiger partial charge in [0.15, 0.2) is 10.9 Å². The van der Waals surface area contributed by atoms with Gasteiger partial charge in [-0.25, -0.2) is 0 Å². The summed E-state index contributed by atoms with van der Waals surface area (Å²) < 4.78 is 0. The van der Waals surface area contributed by atoms with Gasteiger partial charge in [0.05, 0.1) is 0 Å². The van der Waals surface area contributed by atoms with Gasteiger partial charge in [0.2, 0.25) is 0 Å². The highest BCUT2D eigenvalue weighted by Crippen LogP contribution is 2.44. The first kappa shape index (κ1) is 29.8. The van der Waals surface area contributed by atoms with Gasteiger partial charge >= 0.3 is 0 Å². The van der Waals surface area contributed by atoms with Crippen molar-refractivity contribution in [3.8, 4) is 0 Å². The zero-order valence-corrected chi connectivity index (χ0v) is 28.0. The predicted molar refractivity (Wildman–Crippen MR) is 218 cm³/mol. The minimum absolute atomic E-state index is 0.119. The normalized spacial score (nSPS) is 11.6. The van der Waals surface area contributed by atoms with Gasteiger partial charge in [-0.1, -0.05) is 109 Å². The van der Waals surface area contributed by atoms with E-state index in [1.54, 1.807) is 0 Å². The summed E-state index contributed by atoms with van der Waals surface area (Å²) in [6, 6.07) is 61.1. The molecule has 0 fully saturated rings. The highest BCUT2D eigenvalue weighted by Gasteiger charge is 2.25. The third kappa shape index (κ3) is 4.48. The highest BCUT2D eigenvalue weighted by atomic mass is 16.1. The fourth-order valence-electron chi connectivity index (χ4n) is 8.08. The van der Waals surface area contributed by atoms with Crippen LogP contribution < -0.4 is 20.7 Å². The summed E-state index contributed by atoms with van der Waals surface area (Å²) in [6.07, 6.45) is 0. The second kappa shape index (κ2) is 11.8. The molecule has 0 aromatic heterocycles. The third-order valence-corrected chi connectivity index (χ3v) is 10.3. The topological polar surface area (TPSA) is 40.6 Å². The largest absolute Gasteiger partial charge is 0.310 e. The van der Waals surface area contributed by atoms with Crippen molar-refractivity contribution in [3.05, 3.63) is 202 Å². The molecule has 244 valence electrons. The average Bonchev–Trinajstić information content (AvgIpc) is 3.66. The predicted octanol–water partition coefficient (Wildman–Crippen LogP) is 12.0. The van der Waals surface area contributed by atoms with Crippen molar-refractivity contribution in [2.75, 3.05) is 9.80 Å². The third-order valence-electron chi connectivity index (χ3n) is 10.3. The summed E-state index contributed by atoms with van der Waals surface area (Å²) in [5.74, 6) is 0. The molecule has 0 aliphatic heterocycles. The molecule has 4 nitrogen and oxygen atoms in total. The number of hydrogen-bond acceptors (Lipinski definition) is 4. The summed E-state index contributed by atoms with van der Waals surface area (Å²) in [4.78, 5) is 33.9. The van der Waals surface area contributed by atoms with Gasteiger partial charge < -0.3 is 9.80 Å². The molecule has 0 heterocycles. The van der Waals surface area contributed by atoms with Crippen molar-refractivity contribution in [1.29, 1.82) is 0 Å². The van der Waals surface area contributed by atoms with E-state index in [-0.39, 0.29) is 10.9 Å². The van der Waals surface area contributed by atoms with Gasteiger partial charge in [0, 0.05) is 66.4 Å². The maximum Gasteiger partial charge on any atom is 0.195 e. The first-order chi connectivity index (χ1) is 25.7. The van der Waals surface area contributed by atoms with Crippen LogP contribution in [-0.4, -0.2) is 0 Å². The van der Waals surface area contributed by atoms with Crippen LogP contribution in [0.3, 0.4) is 0 Å². The van der Waals surface area contributed by atoms with Crippen LogP contribution >= 0.6 is 0 Å². The number of benzene rings is 8. The lowest BCUT2D eigenvalue weighted by atomic mass is 9.97. The molecule has 10 aromatic carbocycles. The van der Waals surface area contributed by atoms with Crippen molar-refractivity contribution in [3.63, 3.8) is 0 Å². The van der Waals surface area contributed by atoms with E-state index in [1.165, 1.54) is 0 Å². The summed E-state index contributed by atoms with van der Waals surface area (Å²) in [6.45, 7) is 0. The summed E-state index contributed by atoms with van der Waals surface area (Å²) in [7, 11) is 0. The van der Waals surface area contributed by atoms with Crippen LogP contribution in [0.15, 0.2) is 192 Å². The Hall–Kier alpha value is -7.04. The van der Waals surface area contributed by atoms with E-state index in [4.69, 9.17) is 0 Å². The Balaban J connectivity index is 1.26. The minimum Gasteiger partial charge on any atom is -0.310 e. The summed E-state index contributed by atoms with van der Waals surface area (Å²) >= 11 is 0. The van der Waals surface area contributed by atoms with Gasteiger partial charge in [-0.15, -0.1) is 0 Å². The van der Waals surface area contributed by atoms with Crippen molar-refractivity contribution >= 4 is 88.0 Å². The Morgan fingerprint density at radius 2 is 0.538 bits per heavy atom. The van der Waals surface area contributed by atoms with Gasteiger partial charge in [-0.05, 0) is 94.3 Å². The lowest BCUT2D eigenvalue weighted by Crippen LogP contribution is -2.10. The Labute approximate surface area is 299 Å². The van der Waals surface area contributed by atoms with Crippen molar-refractivity contribution in [1.82, 2.24) is 0 Å². The lowest BCUT2D eigenvalue weighted by molar-refractivity contribution is 1.29. The van der Waals surface area contributed by atoms with Crippen LogP contribution in [0, 0.1) is 0 Å². The molecule has 0 amide bonds. The van der Waals surface area contributed by atoms with Crippen LogP contribution in [0.25, 0.3) is 53.9 Å². The SMILES string of the molecule is O=c1c2cc(N(c3ccccc3)c3ccccc3)ccc2c2c3ccccc3c3c4ccc(N(c5ccccc5)c5ccccc5)cc4c(=O)c3c12. The van der Waals surface area contributed by atoms with Crippen LogP contribution in [0.5, 0.6) is 0 Å². The van der Waals surface area contributed by atoms with Gasteiger partial charge in [-0.2, -0.15) is 0 Å². The van der Waals surface area contributed by atoms with Crippen molar-refractivity contribution < 1.29 is 0 Å². The number of nitrogens with zero attached hydrogens (tertiary/aromatic N) is 2. The molecule has 0 radical (unpaired) electrons. The lowest BCUT2D eigenvalue weighted by Gasteiger charge is -2.25. The molecular formula is C48H30N2O2. The fraction of sp³-hybridized carbons (Fsp3) is 0. The Bertz CT molecular complexity index is 2750. The Kier molecular flexibility index (Phi) is 6.76. The molecule has 0 saturated carbocycles. The van der Waals surface area contributed by atoms with Crippen molar-refractivity contribution in [2.24, 2.45) is 0 Å². The maximum absolute atomic E-state index is 14.8. The molecule has 10 aromatic rings. The van der Waals surface area contributed by atoms with E-state index >= 15 is 0 Å². The Morgan fingerprint density at radius 1 is 0.250 bits per heavy atom. The quantitative estimate of drug-likeness (QED) is 0.177. The molecule has 4 heteroatoms. The second-order valence-corrected chi connectivity index (χ2v) is 13.2. The highest BCUT2D eigenvalue weighted by molar-refractivity contribution is 6.38. The molecule has 0 aliphatic carbocycles. The van der Waals surface area contributed by atoms with Gasteiger partial charge in [0.1, 0.15) is 0 Å². The number of para-hydroxylation sites is 4. The second-order valence-electron chi connectivity index (χ2n) is 13.2. The van der Waals surface area contributed by atoms with E-state index in [9.17, 15) is 9.59 Å². The first-order valence-electron chi connectivity index (χ1n) is 17.4. The summed E-state index contributed by atoms with van der Waals surface area (Å²) in [5.41, 5.74) is 5.47. The zero-order chi connectivity index (χ0) is 34.8. The smallest absolute Gasteiger partial charge is 0.195 e. The van der Waals surface area contributed by atoms with E-state index < -0.39 is 0 Å². The average molecular weight is 667 g/mol. The standard InChI is InChI=1S/C48H30N2O2/c51-47-41-29-35(49(31-15-5-1-6-16-31)32-17-7-2-8-18-32)25-27-39(41)43-37-23-13-14-24-38(37)44-40-28-26-36(30-42(40)48(52)46(44)45(43)47)50(33-19-9-3-10-20-33)34-21-11-4-12-22-34/h1-30H. The number of fused-ring (bicyclic) bond motifs is 10. The van der Waals surface area contributed by atoms with E-state index in [0.29, 0.717) is 21.5 Å². The molecule has 0 atom stereocenters. The van der Waals surface area contributed by atoms with Crippen LogP contribution in [0.2, 0.25) is 0 Å². The van der Waals surface area contributed by atoms with Crippen molar-refractivity contribution in [2.45, 2.75) is 0 Å². The molecular weight excluding hydrogens is 637 g/mol. The molecule has 0 N–H and O–H groups in total. The maximum atomic E-state index is 14.8. The minimum atomic E-state index is -0.119. The molecule has 0 aliphatic rings. The Morgan fingerprint density at radius 3 is 0.865 bits per heavy atom. The number of hydrogen-bond donors (Lipinski definition) is 0. The first-order valence-corrected chi connectivity index (χ1v) is 17.4. The molecule has 0 bridgehead atoms.